The van der Waals surface area contributed by atoms with E-state index in [1.807, 2.05) is 0 Å². The lowest BCUT2D eigenvalue weighted by atomic mass is 10.0. The fraction of sp³-hybridized carbons (Fsp3) is 0.731. The number of carbonyl (C=O) groups is 1. The average molecular weight is 388 g/mol. The normalized spacial score (nSPS) is 11.0. The Balaban J connectivity index is 1.93. The quantitative estimate of drug-likeness (QED) is 0.245. The molecule has 1 rings (SSSR count). The van der Waals surface area contributed by atoms with E-state index in [1.165, 1.54) is 107 Å². The Morgan fingerprint density at radius 2 is 0.964 bits per heavy atom. The molecular formula is C26H45NO. The van der Waals surface area contributed by atoms with Crippen LogP contribution in [0.25, 0.3) is 0 Å². The van der Waals surface area contributed by atoms with Crippen molar-refractivity contribution in [2.24, 2.45) is 5.73 Å². The summed E-state index contributed by atoms with van der Waals surface area (Å²) in [6, 6.07) is 9.39. The van der Waals surface area contributed by atoms with Crippen molar-refractivity contribution >= 4 is 5.91 Å². The smallest absolute Gasteiger partial charge is 0.217 e. The van der Waals surface area contributed by atoms with E-state index < -0.39 is 0 Å². The number of hydrogen-bond acceptors (Lipinski definition) is 1. The minimum atomic E-state index is -0.160. The van der Waals surface area contributed by atoms with Crippen molar-refractivity contribution in [2.75, 3.05) is 0 Å². The molecule has 0 saturated heterocycles. The third-order valence-corrected chi connectivity index (χ3v) is 5.73. The molecule has 0 bridgehead atoms. The highest BCUT2D eigenvalue weighted by Gasteiger charge is 1.98. The molecule has 0 heterocycles. The first-order chi connectivity index (χ1) is 13.7. The summed E-state index contributed by atoms with van der Waals surface area (Å²) in [5, 5.41) is 0. The molecule has 0 aromatic heterocycles. The maximum Gasteiger partial charge on any atom is 0.217 e. The lowest BCUT2D eigenvalue weighted by Crippen LogP contribution is -2.09. The third kappa shape index (κ3) is 14.7. The van der Waals surface area contributed by atoms with Gasteiger partial charge in [0, 0.05) is 6.42 Å². The van der Waals surface area contributed by atoms with E-state index in [9.17, 15) is 4.79 Å². The van der Waals surface area contributed by atoms with Crippen LogP contribution >= 0.6 is 0 Å². The number of carbonyl (C=O) groups excluding carboxylic acids is 1. The summed E-state index contributed by atoms with van der Waals surface area (Å²) in [7, 11) is 0. The molecule has 1 aromatic carbocycles. The molecule has 0 spiro atoms. The van der Waals surface area contributed by atoms with E-state index in [0.717, 1.165) is 12.8 Å². The van der Waals surface area contributed by atoms with Crippen molar-refractivity contribution in [3.8, 4) is 0 Å². The molecule has 2 nitrogen and oxygen atoms in total. The zero-order valence-corrected chi connectivity index (χ0v) is 18.5. The average Bonchev–Trinajstić information content (AvgIpc) is 2.69. The van der Waals surface area contributed by atoms with Crippen LogP contribution in [0.5, 0.6) is 0 Å². The number of benzene rings is 1. The Kier molecular flexibility index (Phi) is 15.7. The van der Waals surface area contributed by atoms with Crippen LogP contribution in [-0.4, -0.2) is 5.91 Å². The van der Waals surface area contributed by atoms with Gasteiger partial charge >= 0.3 is 0 Å². The molecule has 28 heavy (non-hydrogen) atoms. The first kappa shape index (κ1) is 24.7. The van der Waals surface area contributed by atoms with Crippen molar-refractivity contribution in [3.05, 3.63) is 35.4 Å². The highest BCUT2D eigenvalue weighted by Crippen LogP contribution is 2.14. The SMILES string of the molecule is CCCCCCCCc1ccc(CCCCCCCCCCCC(N)=O)cc1. The zero-order valence-electron chi connectivity index (χ0n) is 18.5. The van der Waals surface area contributed by atoms with Gasteiger partial charge in [-0.25, -0.2) is 0 Å². The molecule has 0 saturated carbocycles. The van der Waals surface area contributed by atoms with Crippen molar-refractivity contribution in [3.63, 3.8) is 0 Å². The number of primary amides is 1. The lowest BCUT2D eigenvalue weighted by Gasteiger charge is -2.05. The zero-order chi connectivity index (χ0) is 20.3. The lowest BCUT2D eigenvalue weighted by molar-refractivity contribution is -0.118. The van der Waals surface area contributed by atoms with E-state index in [0.29, 0.717) is 6.42 Å². The van der Waals surface area contributed by atoms with Crippen molar-refractivity contribution in [2.45, 2.75) is 122 Å². The summed E-state index contributed by atoms with van der Waals surface area (Å²) in [6.45, 7) is 2.28. The summed E-state index contributed by atoms with van der Waals surface area (Å²) < 4.78 is 0. The second-order valence-electron chi connectivity index (χ2n) is 8.48. The standard InChI is InChI=1S/C26H45NO/c1-2-3-4-5-11-14-17-24-20-22-25(23-21-24)18-15-12-9-7-6-8-10-13-16-19-26(27)28/h20-23H,2-19H2,1H3,(H2,27,28). The fourth-order valence-corrected chi connectivity index (χ4v) is 3.85. The van der Waals surface area contributed by atoms with Gasteiger partial charge in [0.1, 0.15) is 0 Å². The van der Waals surface area contributed by atoms with Crippen molar-refractivity contribution in [1.82, 2.24) is 0 Å². The highest BCUT2D eigenvalue weighted by atomic mass is 16.1. The summed E-state index contributed by atoms with van der Waals surface area (Å²) in [5.74, 6) is -0.160. The van der Waals surface area contributed by atoms with Crippen LogP contribution in [0.4, 0.5) is 0 Å². The summed E-state index contributed by atoms with van der Waals surface area (Å²) in [4.78, 5) is 10.7. The summed E-state index contributed by atoms with van der Waals surface area (Å²) in [6.07, 6.45) is 22.7. The van der Waals surface area contributed by atoms with Crippen LogP contribution in [0.15, 0.2) is 24.3 Å². The Morgan fingerprint density at radius 1 is 0.607 bits per heavy atom. The number of amides is 1. The molecular weight excluding hydrogens is 342 g/mol. The number of hydrogen-bond donors (Lipinski definition) is 1. The first-order valence-electron chi connectivity index (χ1n) is 12.1. The van der Waals surface area contributed by atoms with E-state index in [2.05, 4.69) is 31.2 Å². The number of aryl methyl sites for hydroxylation is 2. The van der Waals surface area contributed by atoms with E-state index in [-0.39, 0.29) is 5.91 Å². The van der Waals surface area contributed by atoms with Crippen molar-refractivity contribution < 1.29 is 4.79 Å². The molecule has 0 atom stereocenters. The number of rotatable bonds is 19. The van der Waals surface area contributed by atoms with Crippen LogP contribution in [0.1, 0.15) is 121 Å². The number of unbranched alkanes of at least 4 members (excludes halogenated alkanes) is 13. The van der Waals surface area contributed by atoms with Gasteiger partial charge in [-0.05, 0) is 43.2 Å². The van der Waals surface area contributed by atoms with Crippen molar-refractivity contribution in [1.29, 1.82) is 0 Å². The molecule has 0 radical (unpaired) electrons. The van der Waals surface area contributed by atoms with Gasteiger partial charge in [-0.3, -0.25) is 4.79 Å². The predicted molar refractivity (Wildman–Crippen MR) is 123 cm³/mol. The fourth-order valence-electron chi connectivity index (χ4n) is 3.85. The molecule has 2 heteroatoms. The molecule has 0 aliphatic heterocycles. The Morgan fingerprint density at radius 3 is 1.36 bits per heavy atom. The monoisotopic (exact) mass is 387 g/mol. The molecule has 2 N–H and O–H groups in total. The minimum absolute atomic E-state index is 0.160. The van der Waals surface area contributed by atoms with E-state index >= 15 is 0 Å². The summed E-state index contributed by atoms with van der Waals surface area (Å²) in [5.41, 5.74) is 8.16. The van der Waals surface area contributed by atoms with Gasteiger partial charge in [0.05, 0.1) is 0 Å². The van der Waals surface area contributed by atoms with Gasteiger partial charge in [-0.1, -0.05) is 108 Å². The molecule has 0 unspecified atom stereocenters. The molecule has 160 valence electrons. The van der Waals surface area contributed by atoms with E-state index in [4.69, 9.17) is 5.73 Å². The second-order valence-corrected chi connectivity index (χ2v) is 8.48. The van der Waals surface area contributed by atoms with Crippen LogP contribution in [0, 0.1) is 0 Å². The first-order valence-corrected chi connectivity index (χ1v) is 12.1. The Hall–Kier alpha value is -1.31. The molecule has 1 amide bonds. The third-order valence-electron chi connectivity index (χ3n) is 5.73. The number of nitrogens with two attached hydrogens (primary N) is 1. The topological polar surface area (TPSA) is 43.1 Å². The van der Waals surface area contributed by atoms with Gasteiger partial charge in [-0.15, -0.1) is 0 Å². The van der Waals surface area contributed by atoms with Gasteiger partial charge in [0.2, 0.25) is 5.91 Å². The van der Waals surface area contributed by atoms with Gasteiger partial charge in [-0.2, -0.15) is 0 Å². The highest BCUT2D eigenvalue weighted by molar-refractivity contribution is 5.73. The van der Waals surface area contributed by atoms with E-state index in [1.54, 1.807) is 0 Å². The molecule has 0 fully saturated rings. The van der Waals surface area contributed by atoms with Crippen LogP contribution in [-0.2, 0) is 17.6 Å². The maximum absolute atomic E-state index is 10.7. The van der Waals surface area contributed by atoms with Crippen LogP contribution in [0.3, 0.4) is 0 Å². The minimum Gasteiger partial charge on any atom is -0.370 e. The van der Waals surface area contributed by atoms with Crippen LogP contribution < -0.4 is 5.73 Å². The predicted octanol–water partition coefficient (Wildman–Crippen LogP) is 7.52. The molecule has 1 aromatic rings. The van der Waals surface area contributed by atoms with Gasteiger partial charge in [0.25, 0.3) is 0 Å². The van der Waals surface area contributed by atoms with Gasteiger partial charge in [0.15, 0.2) is 0 Å². The summed E-state index contributed by atoms with van der Waals surface area (Å²) >= 11 is 0. The molecule has 0 aliphatic rings. The van der Waals surface area contributed by atoms with Gasteiger partial charge < -0.3 is 5.73 Å². The Bertz CT molecular complexity index is 480. The maximum atomic E-state index is 10.7. The van der Waals surface area contributed by atoms with Crippen LogP contribution in [0.2, 0.25) is 0 Å². The second kappa shape index (κ2) is 17.8. The Labute approximate surface area is 174 Å². The molecule has 0 aliphatic carbocycles. The largest absolute Gasteiger partial charge is 0.370 e.